The number of nitrogens with one attached hydrogen (secondary N) is 1. The Morgan fingerprint density at radius 1 is 1.25 bits per heavy atom. The third kappa shape index (κ3) is 3.26. The van der Waals surface area contributed by atoms with Crippen molar-refractivity contribution in [3.63, 3.8) is 0 Å². The highest BCUT2D eigenvalue weighted by Crippen LogP contribution is 2.28. The van der Waals surface area contributed by atoms with Gasteiger partial charge in [0.1, 0.15) is 5.69 Å². The Kier molecular flexibility index (Phi) is 4.56. The second kappa shape index (κ2) is 6.19. The lowest BCUT2D eigenvalue weighted by Gasteiger charge is -2.07. The summed E-state index contributed by atoms with van der Waals surface area (Å²) >= 11 is 7.75. The van der Waals surface area contributed by atoms with E-state index >= 15 is 0 Å². The molecule has 2 aromatic rings. The number of nitrogens with zero attached hydrogens (tertiary/aromatic N) is 1. The molecule has 0 saturated carbocycles. The van der Waals surface area contributed by atoms with Gasteiger partial charge in [0.15, 0.2) is 0 Å². The molecule has 102 valence electrons. The monoisotopic (exact) mass is 402 g/mol. The number of amides is 1. The molecule has 0 heterocycles. The molecule has 2 aromatic carbocycles. The van der Waals surface area contributed by atoms with Gasteiger partial charge in [0.05, 0.1) is 10.5 Å². The molecule has 0 spiro atoms. The van der Waals surface area contributed by atoms with E-state index in [9.17, 15) is 14.9 Å². The van der Waals surface area contributed by atoms with Gasteiger partial charge in [0.2, 0.25) is 0 Å². The molecule has 0 aliphatic heterocycles. The molecular weight excluding hydrogens is 395 g/mol. The van der Waals surface area contributed by atoms with Gasteiger partial charge in [0.25, 0.3) is 11.6 Å². The quantitative estimate of drug-likeness (QED) is 0.477. The first-order valence-corrected chi connectivity index (χ1v) is 6.94. The number of rotatable bonds is 3. The summed E-state index contributed by atoms with van der Waals surface area (Å²) in [6.45, 7) is 0. The van der Waals surface area contributed by atoms with Crippen molar-refractivity contribution in [2.75, 3.05) is 5.32 Å². The zero-order chi connectivity index (χ0) is 14.7. The Morgan fingerprint density at radius 2 is 1.95 bits per heavy atom. The molecule has 0 radical (unpaired) electrons. The van der Waals surface area contributed by atoms with E-state index in [1.165, 1.54) is 18.2 Å². The van der Waals surface area contributed by atoms with E-state index in [4.69, 9.17) is 11.6 Å². The fourth-order valence-corrected chi connectivity index (χ4v) is 2.40. The smallest absolute Gasteiger partial charge is 0.294 e. The van der Waals surface area contributed by atoms with Crippen LogP contribution in [0, 0.1) is 13.7 Å². The molecule has 7 heteroatoms. The summed E-state index contributed by atoms with van der Waals surface area (Å²) in [7, 11) is 0. The van der Waals surface area contributed by atoms with Crippen molar-refractivity contribution in [1.29, 1.82) is 0 Å². The Hall–Kier alpha value is -1.67. The fourth-order valence-electron chi connectivity index (χ4n) is 1.60. The number of halogens is 2. The summed E-state index contributed by atoms with van der Waals surface area (Å²) < 4.78 is 0.763. The highest BCUT2D eigenvalue weighted by atomic mass is 127. The summed E-state index contributed by atoms with van der Waals surface area (Å²) in [5, 5.41) is 13.7. The van der Waals surface area contributed by atoms with Gasteiger partial charge in [-0.2, -0.15) is 0 Å². The van der Waals surface area contributed by atoms with Crippen molar-refractivity contribution in [1.82, 2.24) is 0 Å². The van der Waals surface area contributed by atoms with Crippen LogP contribution in [0.2, 0.25) is 5.02 Å². The number of carbonyl (C=O) groups excluding carboxylic acids is 1. The van der Waals surface area contributed by atoms with E-state index in [1.807, 2.05) is 28.7 Å². The van der Waals surface area contributed by atoms with Crippen LogP contribution in [0.15, 0.2) is 42.5 Å². The van der Waals surface area contributed by atoms with Crippen LogP contribution in [0.1, 0.15) is 10.4 Å². The third-order valence-electron chi connectivity index (χ3n) is 2.52. The third-order valence-corrected chi connectivity index (χ3v) is 3.70. The molecule has 0 unspecified atom stereocenters. The molecule has 1 amide bonds. The zero-order valence-corrected chi connectivity index (χ0v) is 12.9. The van der Waals surface area contributed by atoms with Gasteiger partial charge in [-0.3, -0.25) is 14.9 Å². The molecule has 0 aromatic heterocycles. The Labute approximate surface area is 133 Å². The van der Waals surface area contributed by atoms with E-state index < -0.39 is 10.8 Å². The van der Waals surface area contributed by atoms with Crippen LogP contribution in [0.3, 0.4) is 0 Å². The highest BCUT2D eigenvalue weighted by molar-refractivity contribution is 14.1. The summed E-state index contributed by atoms with van der Waals surface area (Å²) in [6.07, 6.45) is 0. The summed E-state index contributed by atoms with van der Waals surface area (Å²) in [6, 6.07) is 11.1. The Balaban J connectivity index is 2.33. The summed E-state index contributed by atoms with van der Waals surface area (Å²) in [5.74, 6) is -0.402. The van der Waals surface area contributed by atoms with Gasteiger partial charge < -0.3 is 5.32 Å². The molecule has 0 aliphatic carbocycles. The van der Waals surface area contributed by atoms with Crippen LogP contribution in [-0.4, -0.2) is 10.8 Å². The van der Waals surface area contributed by atoms with Crippen LogP contribution in [-0.2, 0) is 0 Å². The minimum atomic E-state index is -0.586. The minimum Gasteiger partial charge on any atom is -0.316 e. The second-order valence-corrected chi connectivity index (χ2v) is 5.45. The maximum atomic E-state index is 12.1. The largest absolute Gasteiger partial charge is 0.316 e. The number of nitro benzene ring substituents is 1. The average molecular weight is 403 g/mol. The molecule has 0 aliphatic rings. The number of nitro groups is 1. The van der Waals surface area contributed by atoms with Crippen LogP contribution in [0.5, 0.6) is 0 Å². The summed E-state index contributed by atoms with van der Waals surface area (Å²) in [4.78, 5) is 22.5. The molecule has 0 saturated heterocycles. The molecule has 0 atom stereocenters. The van der Waals surface area contributed by atoms with Crippen LogP contribution >= 0.6 is 34.2 Å². The predicted molar refractivity (Wildman–Crippen MR) is 85.2 cm³/mol. The molecule has 0 fully saturated rings. The first kappa shape index (κ1) is 14.7. The van der Waals surface area contributed by atoms with Gasteiger partial charge >= 0.3 is 0 Å². The topological polar surface area (TPSA) is 72.2 Å². The number of hydrogen-bond acceptors (Lipinski definition) is 3. The molecule has 0 bridgehead atoms. The number of carbonyl (C=O) groups is 1. The maximum absolute atomic E-state index is 12.1. The Bertz CT molecular complexity index is 691. The van der Waals surface area contributed by atoms with E-state index in [-0.39, 0.29) is 16.4 Å². The van der Waals surface area contributed by atoms with Crippen molar-refractivity contribution in [3.05, 3.63) is 66.7 Å². The molecular formula is C13H8ClIN2O3. The summed E-state index contributed by atoms with van der Waals surface area (Å²) in [5.41, 5.74) is 0.332. The van der Waals surface area contributed by atoms with Crippen LogP contribution in [0.4, 0.5) is 11.4 Å². The lowest BCUT2D eigenvalue weighted by atomic mass is 10.2. The molecule has 20 heavy (non-hydrogen) atoms. The molecule has 2 rings (SSSR count). The Morgan fingerprint density at radius 3 is 2.60 bits per heavy atom. The lowest BCUT2D eigenvalue weighted by Crippen LogP contribution is -2.14. The van der Waals surface area contributed by atoms with E-state index in [0.717, 1.165) is 3.57 Å². The van der Waals surface area contributed by atoms with E-state index in [2.05, 4.69) is 5.32 Å². The highest BCUT2D eigenvalue weighted by Gasteiger charge is 2.18. The van der Waals surface area contributed by atoms with Crippen LogP contribution in [0.25, 0.3) is 0 Å². The minimum absolute atomic E-state index is 0.115. The number of anilines is 1. The van der Waals surface area contributed by atoms with E-state index in [1.54, 1.807) is 18.2 Å². The van der Waals surface area contributed by atoms with Crippen molar-refractivity contribution in [2.24, 2.45) is 0 Å². The second-order valence-electron chi connectivity index (χ2n) is 3.85. The lowest BCUT2D eigenvalue weighted by molar-refractivity contribution is -0.383. The van der Waals surface area contributed by atoms with Crippen molar-refractivity contribution in [3.8, 4) is 0 Å². The average Bonchev–Trinajstić information content (AvgIpc) is 2.41. The fraction of sp³-hybridized carbons (Fsp3) is 0. The number of benzene rings is 2. The maximum Gasteiger partial charge on any atom is 0.294 e. The standard InChI is InChI=1S/C13H8ClIN2O3/c14-8-5-6-11(12(7-8)17(19)20)16-13(18)9-3-1-2-4-10(9)15/h1-7H,(H,16,18). The number of hydrogen-bond donors (Lipinski definition) is 1. The van der Waals surface area contributed by atoms with Crippen molar-refractivity contribution < 1.29 is 9.72 Å². The van der Waals surface area contributed by atoms with Crippen molar-refractivity contribution >= 4 is 51.5 Å². The SMILES string of the molecule is O=C(Nc1ccc(Cl)cc1[N+](=O)[O-])c1ccccc1I. The predicted octanol–water partition coefficient (Wildman–Crippen LogP) is 4.11. The molecule has 5 nitrogen and oxygen atoms in total. The first-order chi connectivity index (χ1) is 9.49. The molecule has 1 N–H and O–H groups in total. The van der Waals surface area contributed by atoms with E-state index in [0.29, 0.717) is 5.56 Å². The van der Waals surface area contributed by atoms with Gasteiger partial charge in [-0.25, -0.2) is 0 Å². The normalized spacial score (nSPS) is 10.1. The van der Waals surface area contributed by atoms with Crippen LogP contribution < -0.4 is 5.32 Å². The van der Waals surface area contributed by atoms with Gasteiger partial charge in [-0.15, -0.1) is 0 Å². The van der Waals surface area contributed by atoms with Gasteiger partial charge in [0, 0.05) is 14.7 Å². The van der Waals surface area contributed by atoms with Gasteiger partial charge in [-0.1, -0.05) is 23.7 Å². The van der Waals surface area contributed by atoms with Gasteiger partial charge in [-0.05, 0) is 46.9 Å². The zero-order valence-electron chi connectivity index (χ0n) is 9.97. The van der Waals surface area contributed by atoms with Crippen molar-refractivity contribution in [2.45, 2.75) is 0 Å². The first-order valence-electron chi connectivity index (χ1n) is 5.49.